The van der Waals surface area contributed by atoms with E-state index in [0.717, 1.165) is 0 Å². The second kappa shape index (κ2) is 25.5. The summed E-state index contributed by atoms with van der Waals surface area (Å²) in [6.07, 6.45) is -2.40. The largest absolute Gasteiger partial charge is 0.368 e. The van der Waals surface area contributed by atoms with Gasteiger partial charge < -0.3 is 20.4 Å². The van der Waals surface area contributed by atoms with E-state index in [1.54, 1.807) is 41.5 Å². The van der Waals surface area contributed by atoms with Gasteiger partial charge in [0.25, 0.3) is 0 Å². The molecule has 6 rings (SSSR count). The Hall–Kier alpha value is -2.66. The predicted molar refractivity (Wildman–Crippen MR) is 226 cm³/mol. The minimum absolute atomic E-state index is 0. The average molecular weight is 946 g/mol. The molecule has 0 heterocycles. The molecular formula is C46H54O4P2Pd2. The summed E-state index contributed by atoms with van der Waals surface area (Å²) in [5, 5.41) is 42.0. The first-order valence-electron chi connectivity index (χ1n) is 17.4. The summed E-state index contributed by atoms with van der Waals surface area (Å²) < 4.78 is 0. The first kappa shape index (κ1) is 49.4. The van der Waals surface area contributed by atoms with Crippen molar-refractivity contribution in [2.75, 3.05) is 0 Å². The van der Waals surface area contributed by atoms with Crippen LogP contribution in [0.5, 0.6) is 0 Å². The molecule has 6 aromatic rings. The van der Waals surface area contributed by atoms with Crippen LogP contribution in [0.2, 0.25) is 0 Å². The van der Waals surface area contributed by atoms with Gasteiger partial charge in [0.05, 0.1) is 37.1 Å². The summed E-state index contributed by atoms with van der Waals surface area (Å²) in [5.74, 6) is 0. The molecule has 0 saturated carbocycles. The second-order valence-electron chi connectivity index (χ2n) is 14.2. The van der Waals surface area contributed by atoms with Crippen LogP contribution in [-0.2, 0) is 40.8 Å². The quantitative estimate of drug-likeness (QED) is 0.0655. The number of rotatable bonds is 6. The van der Waals surface area contributed by atoms with Gasteiger partial charge in [-0.15, -0.1) is 24.3 Å². The van der Waals surface area contributed by atoms with E-state index in [0.29, 0.717) is 0 Å². The van der Waals surface area contributed by atoms with Crippen LogP contribution in [0.3, 0.4) is 0 Å². The maximum atomic E-state index is 8.44. The molecule has 0 unspecified atom stereocenters. The van der Waals surface area contributed by atoms with E-state index in [9.17, 15) is 0 Å². The van der Waals surface area contributed by atoms with Gasteiger partial charge in [0.15, 0.2) is 12.6 Å². The fourth-order valence-corrected chi connectivity index (χ4v) is 9.47. The number of benzene rings is 6. The molecule has 4 nitrogen and oxygen atoms in total. The Bertz CT molecular complexity index is 1460. The first-order chi connectivity index (χ1) is 24.8. The fraction of sp³-hybridized carbons (Fsp3) is 0.217. The monoisotopic (exact) mass is 944 g/mol. The zero-order valence-electron chi connectivity index (χ0n) is 31.7. The van der Waals surface area contributed by atoms with Crippen LogP contribution >= 0.6 is 15.8 Å². The summed E-state index contributed by atoms with van der Waals surface area (Å²) >= 11 is 0. The summed E-state index contributed by atoms with van der Waals surface area (Å²) in [6, 6.07) is 66.5. The smallest absolute Gasteiger partial charge is 0.156 e. The minimum atomic E-state index is -1.20. The zero-order valence-corrected chi connectivity index (χ0v) is 36.9. The van der Waals surface area contributed by atoms with Crippen LogP contribution in [0.25, 0.3) is 0 Å². The van der Waals surface area contributed by atoms with Crippen molar-refractivity contribution >= 4 is 47.7 Å². The Labute approximate surface area is 353 Å². The van der Waals surface area contributed by atoms with Gasteiger partial charge >= 0.3 is 0 Å². The Morgan fingerprint density at radius 3 is 0.741 bits per heavy atom. The van der Waals surface area contributed by atoms with E-state index in [4.69, 9.17) is 20.4 Å². The molecule has 4 N–H and O–H groups in total. The molecule has 6 aromatic carbocycles. The van der Waals surface area contributed by atoms with Crippen LogP contribution in [-0.4, -0.2) is 33.0 Å². The molecule has 0 amide bonds. The maximum absolute atomic E-state index is 8.44. The third kappa shape index (κ3) is 17.4. The molecule has 8 heteroatoms. The molecular weight excluding hydrogens is 891 g/mol. The Kier molecular flexibility index (Phi) is 23.3. The van der Waals surface area contributed by atoms with Crippen molar-refractivity contribution in [2.45, 2.75) is 54.1 Å². The van der Waals surface area contributed by atoms with E-state index in [1.165, 1.54) is 31.8 Å². The van der Waals surface area contributed by atoms with E-state index >= 15 is 0 Å². The van der Waals surface area contributed by atoms with Gasteiger partial charge in [0.1, 0.15) is 0 Å². The average Bonchev–Trinajstić information content (AvgIpc) is 3.15. The van der Waals surface area contributed by atoms with Crippen molar-refractivity contribution in [3.8, 4) is 0 Å². The fourth-order valence-electron chi connectivity index (χ4n) is 4.47. The normalized spacial score (nSPS) is 10.8. The van der Waals surface area contributed by atoms with Gasteiger partial charge in [0, 0.05) is 51.7 Å². The first-order valence-corrected chi connectivity index (χ1v) is 20.4. The molecule has 0 spiro atoms. The van der Waals surface area contributed by atoms with Crippen molar-refractivity contribution in [1.29, 1.82) is 0 Å². The topological polar surface area (TPSA) is 80.9 Å². The van der Waals surface area contributed by atoms with Gasteiger partial charge in [-0.1, -0.05) is 114 Å². The third-order valence-corrected chi connectivity index (χ3v) is 13.1. The molecule has 54 heavy (non-hydrogen) atoms. The summed E-state index contributed by atoms with van der Waals surface area (Å²) in [7, 11) is -1.87. The molecule has 0 radical (unpaired) electrons. The third-order valence-electron chi connectivity index (χ3n) is 7.76. The molecule has 0 aliphatic rings. The summed E-state index contributed by atoms with van der Waals surface area (Å²) in [6.45, 7) is 10.6. The summed E-state index contributed by atoms with van der Waals surface area (Å²) in [4.78, 5) is 0. The molecule has 0 bridgehead atoms. The van der Waals surface area contributed by atoms with Gasteiger partial charge in [-0.05, 0) is 59.1 Å². The van der Waals surface area contributed by atoms with Crippen molar-refractivity contribution in [1.82, 2.24) is 0 Å². The molecule has 0 aliphatic carbocycles. The summed E-state index contributed by atoms with van der Waals surface area (Å²) in [5.41, 5.74) is -0.778. The van der Waals surface area contributed by atoms with Gasteiger partial charge in [-0.3, -0.25) is 0 Å². The Morgan fingerprint density at radius 2 is 0.574 bits per heavy atom. The number of hydrogen-bond donors (Lipinski definition) is 4. The van der Waals surface area contributed by atoms with Crippen LogP contribution in [0, 0.1) is 23.0 Å². The molecule has 292 valence electrons. The molecule has 0 fully saturated rings. The van der Waals surface area contributed by atoms with Crippen LogP contribution in [0.1, 0.15) is 41.5 Å². The molecule has 0 aromatic heterocycles. The van der Waals surface area contributed by atoms with Crippen molar-refractivity contribution in [3.63, 3.8) is 0 Å². The van der Waals surface area contributed by atoms with E-state index in [1.807, 2.05) is 24.3 Å². The van der Waals surface area contributed by atoms with Gasteiger partial charge in [-0.25, -0.2) is 0 Å². The second-order valence-corrected chi connectivity index (χ2v) is 19.1. The Balaban J connectivity index is 0.000000393. The minimum Gasteiger partial charge on any atom is -0.368 e. The van der Waals surface area contributed by atoms with Crippen molar-refractivity contribution in [2.24, 2.45) is 10.8 Å². The molecule has 0 aliphatic heterocycles. The van der Waals surface area contributed by atoms with Crippen molar-refractivity contribution < 1.29 is 61.3 Å². The van der Waals surface area contributed by atoms with Gasteiger partial charge in [0.2, 0.25) is 0 Å². The molecule has 0 saturated heterocycles. The van der Waals surface area contributed by atoms with Gasteiger partial charge in [-0.2, -0.15) is 36.4 Å². The van der Waals surface area contributed by atoms with E-state index < -0.39 is 28.4 Å². The van der Waals surface area contributed by atoms with E-state index in [-0.39, 0.29) is 51.7 Å². The number of aliphatic hydroxyl groups excluding tert-OH is 2. The predicted octanol–water partition coefficient (Wildman–Crippen LogP) is 6.64. The molecule has 0 atom stereocenters. The number of aliphatic hydroxyl groups is 4. The van der Waals surface area contributed by atoms with Crippen LogP contribution in [0.15, 0.2) is 170 Å². The maximum Gasteiger partial charge on any atom is 0.156 e. The Morgan fingerprint density at radius 1 is 0.370 bits per heavy atom. The standard InChI is InChI=1S/2C18H14P.2C5H12O2.2Pd/c2*1-4-10-16(11-5-1)19(17-12-6-2-7-13-17)18-14-8-3-9-15-18;2*1-5(2,3)4(6)7;;/h2*1-14H;2*4,6-7H,1-3H3;;/q2*-1;;;;/p+2. The zero-order chi connectivity index (χ0) is 38.0. The van der Waals surface area contributed by atoms with Crippen LogP contribution < -0.4 is 31.8 Å². The van der Waals surface area contributed by atoms with E-state index in [2.05, 4.69) is 158 Å². The number of hydrogen-bond acceptors (Lipinski definition) is 4. The SMILES string of the molecule is CC(C)(C)C(O)O.CC(C)(C)C(O)O.[Pd].[Pd].[c-]1ccccc1[PH+](c1ccccc1)c1ccccc1.[c-]1ccccc1[PH+](c1ccccc1)c1ccccc1. The van der Waals surface area contributed by atoms with Crippen molar-refractivity contribution in [3.05, 3.63) is 182 Å². The van der Waals surface area contributed by atoms with Crippen LogP contribution in [0.4, 0.5) is 0 Å².